The number of carbonyl (C=O) groups excluding carboxylic acids is 2. The molecule has 0 spiro atoms. The average Bonchev–Trinajstić information content (AvgIpc) is 3.18. The molecule has 0 saturated heterocycles. The highest BCUT2D eigenvalue weighted by Gasteiger charge is 2.25. The molecule has 0 aliphatic rings. The largest absolute Gasteiger partial charge is 0.497 e. The van der Waals surface area contributed by atoms with Crippen LogP contribution in [0.5, 0.6) is 23.0 Å². The minimum Gasteiger partial charge on any atom is -0.497 e. The predicted octanol–water partition coefficient (Wildman–Crippen LogP) is 3.41. The van der Waals surface area contributed by atoms with Gasteiger partial charge in [-0.2, -0.15) is 0 Å². The van der Waals surface area contributed by atoms with Crippen LogP contribution in [-0.4, -0.2) is 86.6 Å². The molecule has 0 bridgehead atoms. The van der Waals surface area contributed by atoms with Gasteiger partial charge in [0.05, 0.1) is 40.5 Å². The number of nitrogens with two attached hydrogens (primary N) is 2. The topological polar surface area (TPSA) is 222 Å². The fourth-order valence-corrected chi connectivity index (χ4v) is 5.17. The molecule has 14 nitrogen and oxygen atoms in total. The third-order valence-electron chi connectivity index (χ3n) is 8.33. The molecular weight excluding hydrogens is 708 g/mol. The Bertz CT molecular complexity index is 1650. The van der Waals surface area contributed by atoms with Crippen molar-refractivity contribution in [1.29, 1.82) is 0 Å². The van der Waals surface area contributed by atoms with Crippen molar-refractivity contribution in [3.63, 3.8) is 0 Å². The summed E-state index contributed by atoms with van der Waals surface area (Å²) >= 11 is 0. The SMILES string of the molecule is C.COc1ccc(C[C@@H](N)C(=O)N[C@@H](Cc2ccc(OC)cc2)C(=O)O)cc1.COc1ccc(C[C@H](N)C(=O)N[C@H](Cc2ccc(OC)cc2)C(=O)O)cc1. The summed E-state index contributed by atoms with van der Waals surface area (Å²) in [5.74, 6) is -0.471. The molecular formula is C41H52N4O10. The Labute approximate surface area is 321 Å². The molecule has 0 fully saturated rings. The number of methoxy groups -OCH3 is 4. The highest BCUT2D eigenvalue weighted by Crippen LogP contribution is 2.16. The van der Waals surface area contributed by atoms with Crippen LogP contribution in [0.15, 0.2) is 97.1 Å². The maximum Gasteiger partial charge on any atom is 0.326 e. The molecule has 4 aromatic rings. The number of rotatable bonds is 18. The summed E-state index contributed by atoms with van der Waals surface area (Å²) in [6.45, 7) is 0. The first-order valence-corrected chi connectivity index (χ1v) is 16.9. The fourth-order valence-electron chi connectivity index (χ4n) is 5.17. The number of nitrogens with one attached hydrogen (secondary N) is 2. The molecule has 0 aliphatic heterocycles. The second-order valence-corrected chi connectivity index (χ2v) is 12.2. The average molecular weight is 761 g/mol. The molecule has 4 aromatic carbocycles. The maximum absolute atomic E-state index is 12.3. The van der Waals surface area contributed by atoms with E-state index >= 15 is 0 Å². The molecule has 4 rings (SSSR count). The van der Waals surface area contributed by atoms with Crippen molar-refractivity contribution < 1.29 is 48.3 Å². The van der Waals surface area contributed by atoms with Crippen LogP contribution in [0.3, 0.4) is 0 Å². The van der Waals surface area contributed by atoms with E-state index < -0.39 is 47.9 Å². The number of hydrogen-bond acceptors (Lipinski definition) is 10. The number of amides is 2. The zero-order valence-electron chi connectivity index (χ0n) is 30.7. The maximum atomic E-state index is 12.3. The van der Waals surface area contributed by atoms with E-state index in [1.165, 1.54) is 0 Å². The third-order valence-corrected chi connectivity index (χ3v) is 8.33. The van der Waals surface area contributed by atoms with Crippen molar-refractivity contribution in [2.45, 2.75) is 57.3 Å². The number of hydrogen-bond donors (Lipinski definition) is 6. The van der Waals surface area contributed by atoms with Gasteiger partial charge in [0.15, 0.2) is 0 Å². The van der Waals surface area contributed by atoms with Crippen molar-refractivity contribution >= 4 is 23.8 Å². The lowest BCUT2D eigenvalue weighted by Crippen LogP contribution is -2.50. The first-order chi connectivity index (χ1) is 25.8. The lowest BCUT2D eigenvalue weighted by molar-refractivity contribution is -0.142. The number of carboxylic acid groups (broad SMARTS) is 2. The van der Waals surface area contributed by atoms with Gasteiger partial charge in [0.1, 0.15) is 35.1 Å². The number of benzene rings is 4. The zero-order chi connectivity index (χ0) is 39.6. The van der Waals surface area contributed by atoms with Crippen molar-refractivity contribution in [3.05, 3.63) is 119 Å². The Morgan fingerprint density at radius 3 is 0.891 bits per heavy atom. The molecule has 8 N–H and O–H groups in total. The Kier molecular flexibility index (Phi) is 18.7. The fraction of sp³-hybridized carbons (Fsp3) is 0.317. The molecule has 0 heterocycles. The first kappa shape index (κ1) is 45.0. The van der Waals surface area contributed by atoms with Gasteiger partial charge in [-0.3, -0.25) is 9.59 Å². The van der Waals surface area contributed by atoms with E-state index in [-0.39, 0.29) is 20.3 Å². The molecule has 14 heteroatoms. The summed E-state index contributed by atoms with van der Waals surface area (Å²) < 4.78 is 20.3. The normalized spacial score (nSPS) is 12.5. The number of carbonyl (C=O) groups is 4. The highest BCUT2D eigenvalue weighted by molar-refractivity contribution is 5.88. The van der Waals surface area contributed by atoms with E-state index in [1.54, 1.807) is 101 Å². The van der Waals surface area contributed by atoms with Gasteiger partial charge in [0.2, 0.25) is 11.8 Å². The quantitative estimate of drug-likeness (QED) is 0.0859. The van der Waals surface area contributed by atoms with Crippen LogP contribution in [0.25, 0.3) is 0 Å². The minimum atomic E-state index is -1.11. The Morgan fingerprint density at radius 1 is 0.473 bits per heavy atom. The van der Waals surface area contributed by atoms with Gasteiger partial charge in [-0.15, -0.1) is 0 Å². The number of ether oxygens (including phenoxy) is 4. The van der Waals surface area contributed by atoms with Crippen LogP contribution in [-0.2, 0) is 44.9 Å². The summed E-state index contributed by atoms with van der Waals surface area (Å²) in [6, 6.07) is 24.6. The predicted molar refractivity (Wildman–Crippen MR) is 209 cm³/mol. The molecule has 0 unspecified atom stereocenters. The molecule has 0 radical (unpaired) electrons. The summed E-state index contributed by atoms with van der Waals surface area (Å²) in [4.78, 5) is 47.7. The van der Waals surface area contributed by atoms with E-state index in [9.17, 15) is 29.4 Å². The molecule has 0 aromatic heterocycles. The molecule has 55 heavy (non-hydrogen) atoms. The summed E-state index contributed by atoms with van der Waals surface area (Å²) in [6.07, 6.45) is 0.899. The summed E-state index contributed by atoms with van der Waals surface area (Å²) in [5.41, 5.74) is 15.2. The van der Waals surface area contributed by atoms with Crippen molar-refractivity contribution in [1.82, 2.24) is 10.6 Å². The van der Waals surface area contributed by atoms with Gasteiger partial charge in [0, 0.05) is 12.8 Å². The molecule has 2 amide bonds. The Balaban J connectivity index is 0.000000373. The number of aliphatic carboxylic acids is 2. The molecule has 0 saturated carbocycles. The van der Waals surface area contributed by atoms with Gasteiger partial charge in [-0.05, 0) is 83.6 Å². The van der Waals surface area contributed by atoms with Crippen molar-refractivity contribution in [2.75, 3.05) is 28.4 Å². The lowest BCUT2D eigenvalue weighted by Gasteiger charge is -2.18. The van der Waals surface area contributed by atoms with Crippen molar-refractivity contribution in [3.8, 4) is 23.0 Å². The second kappa shape index (κ2) is 22.8. The zero-order valence-corrected chi connectivity index (χ0v) is 30.7. The monoisotopic (exact) mass is 760 g/mol. The van der Waals surface area contributed by atoms with Crippen LogP contribution in [0, 0.1) is 0 Å². The third kappa shape index (κ3) is 15.0. The van der Waals surface area contributed by atoms with Gasteiger partial charge in [-0.25, -0.2) is 9.59 Å². The van der Waals surface area contributed by atoms with Crippen LogP contribution in [0.2, 0.25) is 0 Å². The van der Waals surface area contributed by atoms with Crippen LogP contribution < -0.4 is 41.0 Å². The van der Waals surface area contributed by atoms with Gasteiger partial charge in [0.25, 0.3) is 0 Å². The Hall–Kier alpha value is -6.12. The van der Waals surface area contributed by atoms with Crippen LogP contribution in [0.1, 0.15) is 29.7 Å². The number of carboxylic acids is 2. The summed E-state index contributed by atoms with van der Waals surface area (Å²) in [5, 5.41) is 23.9. The molecule has 0 aliphatic carbocycles. The highest BCUT2D eigenvalue weighted by atomic mass is 16.5. The van der Waals surface area contributed by atoms with E-state index in [0.29, 0.717) is 35.8 Å². The first-order valence-electron chi connectivity index (χ1n) is 16.9. The molecule has 296 valence electrons. The standard InChI is InChI=1S/2C20H24N2O5.CH4/c2*1-26-15-7-3-13(4-8-15)11-17(21)19(23)22-18(20(24)25)12-14-5-9-16(27-2)10-6-14;/h2*3-10,17-18H,11-12,21H2,1-2H3,(H,22,23)(H,24,25);1H4/t2*17-,18+;/m10./s1. The van der Waals surface area contributed by atoms with E-state index in [4.69, 9.17) is 30.4 Å². The lowest BCUT2D eigenvalue weighted by atomic mass is 10.0. The van der Waals surface area contributed by atoms with Gasteiger partial charge < -0.3 is 51.3 Å². The van der Waals surface area contributed by atoms with E-state index in [1.807, 2.05) is 24.3 Å². The Morgan fingerprint density at radius 2 is 0.691 bits per heavy atom. The summed E-state index contributed by atoms with van der Waals surface area (Å²) in [7, 11) is 6.26. The van der Waals surface area contributed by atoms with E-state index in [2.05, 4.69) is 10.6 Å². The van der Waals surface area contributed by atoms with E-state index in [0.717, 1.165) is 22.3 Å². The molecule has 4 atom stereocenters. The second-order valence-electron chi connectivity index (χ2n) is 12.2. The van der Waals surface area contributed by atoms with Crippen molar-refractivity contribution in [2.24, 2.45) is 11.5 Å². The smallest absolute Gasteiger partial charge is 0.326 e. The van der Waals surface area contributed by atoms with Crippen LogP contribution >= 0.6 is 0 Å². The minimum absolute atomic E-state index is 0. The van der Waals surface area contributed by atoms with Gasteiger partial charge >= 0.3 is 11.9 Å². The van der Waals surface area contributed by atoms with Crippen LogP contribution in [0.4, 0.5) is 0 Å². The van der Waals surface area contributed by atoms with Gasteiger partial charge in [-0.1, -0.05) is 56.0 Å².